The maximum Gasteiger partial charge on any atom is 0.119 e. The van der Waals surface area contributed by atoms with Crippen molar-refractivity contribution in [2.75, 3.05) is 6.54 Å². The smallest absolute Gasteiger partial charge is 0.119 e. The highest BCUT2D eigenvalue weighted by atomic mass is 16.5. The van der Waals surface area contributed by atoms with Crippen LogP contribution in [0.5, 0.6) is 5.75 Å². The van der Waals surface area contributed by atoms with Crippen LogP contribution in [-0.2, 0) is 6.54 Å². The SMILES string of the molecule is CCC(CNCc1ccco1)Oc1ccc(C)cc1. The molecule has 1 N–H and O–H groups in total. The number of ether oxygens (including phenoxy) is 1. The average molecular weight is 259 g/mol. The van der Waals surface area contributed by atoms with Crippen molar-refractivity contribution in [3.05, 3.63) is 54.0 Å². The Morgan fingerprint density at radius 1 is 1.21 bits per heavy atom. The van der Waals surface area contributed by atoms with E-state index in [9.17, 15) is 0 Å². The Balaban J connectivity index is 1.78. The maximum atomic E-state index is 5.94. The summed E-state index contributed by atoms with van der Waals surface area (Å²) in [5.74, 6) is 1.88. The van der Waals surface area contributed by atoms with Crippen LogP contribution in [0.1, 0.15) is 24.7 Å². The van der Waals surface area contributed by atoms with Crippen molar-refractivity contribution in [3.63, 3.8) is 0 Å². The van der Waals surface area contributed by atoms with Gasteiger partial charge in [0, 0.05) is 6.54 Å². The number of hydrogen-bond donors (Lipinski definition) is 1. The lowest BCUT2D eigenvalue weighted by Crippen LogP contribution is -2.30. The second-order valence-electron chi connectivity index (χ2n) is 4.67. The molecule has 0 saturated heterocycles. The maximum absolute atomic E-state index is 5.94. The van der Waals surface area contributed by atoms with Gasteiger partial charge in [-0.1, -0.05) is 24.6 Å². The molecule has 0 fully saturated rings. The van der Waals surface area contributed by atoms with Gasteiger partial charge in [-0.15, -0.1) is 0 Å². The Kier molecular flexibility index (Phi) is 5.04. The normalized spacial score (nSPS) is 12.3. The largest absolute Gasteiger partial charge is 0.489 e. The Morgan fingerprint density at radius 2 is 2.00 bits per heavy atom. The van der Waals surface area contributed by atoms with Gasteiger partial charge < -0.3 is 14.5 Å². The summed E-state index contributed by atoms with van der Waals surface area (Å²) in [5, 5.41) is 3.35. The second-order valence-corrected chi connectivity index (χ2v) is 4.67. The van der Waals surface area contributed by atoms with Crippen molar-refractivity contribution in [1.82, 2.24) is 5.32 Å². The van der Waals surface area contributed by atoms with Gasteiger partial charge in [0.1, 0.15) is 17.6 Å². The second kappa shape index (κ2) is 7.00. The summed E-state index contributed by atoms with van der Waals surface area (Å²) in [6.07, 6.45) is 2.84. The van der Waals surface area contributed by atoms with Gasteiger partial charge in [0.05, 0.1) is 12.8 Å². The molecule has 0 aliphatic carbocycles. The quantitative estimate of drug-likeness (QED) is 0.826. The molecule has 3 nitrogen and oxygen atoms in total. The van der Waals surface area contributed by atoms with Crippen molar-refractivity contribution in [2.45, 2.75) is 32.9 Å². The predicted octanol–water partition coefficient (Wildman–Crippen LogP) is 3.54. The van der Waals surface area contributed by atoms with E-state index in [0.29, 0.717) is 0 Å². The summed E-state index contributed by atoms with van der Waals surface area (Å²) in [6, 6.07) is 12.0. The van der Waals surface area contributed by atoms with Gasteiger partial charge in [-0.05, 0) is 37.6 Å². The van der Waals surface area contributed by atoms with E-state index in [0.717, 1.165) is 31.0 Å². The predicted molar refractivity (Wildman–Crippen MR) is 76.3 cm³/mol. The van der Waals surface area contributed by atoms with Crippen LogP contribution in [0.15, 0.2) is 47.1 Å². The van der Waals surface area contributed by atoms with Crippen molar-refractivity contribution in [3.8, 4) is 5.75 Å². The first kappa shape index (κ1) is 13.7. The third-order valence-electron chi connectivity index (χ3n) is 3.03. The molecule has 0 amide bonds. The minimum Gasteiger partial charge on any atom is -0.489 e. The number of nitrogens with one attached hydrogen (secondary N) is 1. The monoisotopic (exact) mass is 259 g/mol. The minimum atomic E-state index is 0.178. The zero-order valence-electron chi connectivity index (χ0n) is 11.6. The Bertz CT molecular complexity index is 462. The van der Waals surface area contributed by atoms with Crippen molar-refractivity contribution < 1.29 is 9.15 Å². The van der Waals surface area contributed by atoms with Gasteiger partial charge in [-0.3, -0.25) is 0 Å². The molecule has 1 heterocycles. The molecule has 1 aromatic carbocycles. The third-order valence-corrected chi connectivity index (χ3v) is 3.03. The highest BCUT2D eigenvalue weighted by Crippen LogP contribution is 2.14. The van der Waals surface area contributed by atoms with E-state index in [1.54, 1.807) is 6.26 Å². The van der Waals surface area contributed by atoms with Crippen LogP contribution in [-0.4, -0.2) is 12.6 Å². The summed E-state index contributed by atoms with van der Waals surface area (Å²) in [5.41, 5.74) is 1.25. The van der Waals surface area contributed by atoms with E-state index in [1.165, 1.54) is 5.56 Å². The summed E-state index contributed by atoms with van der Waals surface area (Å²) in [7, 11) is 0. The lowest BCUT2D eigenvalue weighted by Gasteiger charge is -2.18. The first-order chi connectivity index (χ1) is 9.28. The van der Waals surface area contributed by atoms with Crippen molar-refractivity contribution in [2.24, 2.45) is 0 Å². The first-order valence-corrected chi connectivity index (χ1v) is 6.74. The number of aryl methyl sites for hydroxylation is 1. The first-order valence-electron chi connectivity index (χ1n) is 6.74. The molecule has 0 aliphatic rings. The molecule has 1 atom stereocenters. The summed E-state index contributed by atoms with van der Waals surface area (Å²) in [6.45, 7) is 5.76. The number of hydrogen-bond acceptors (Lipinski definition) is 3. The number of benzene rings is 1. The van der Waals surface area contributed by atoms with Crippen molar-refractivity contribution in [1.29, 1.82) is 0 Å². The van der Waals surface area contributed by atoms with E-state index in [2.05, 4.69) is 31.3 Å². The fourth-order valence-corrected chi connectivity index (χ4v) is 1.85. The van der Waals surface area contributed by atoms with Gasteiger partial charge in [0.2, 0.25) is 0 Å². The minimum absolute atomic E-state index is 0.178. The standard InChI is InChI=1S/C16H21NO2/c1-3-14(11-17-12-16-5-4-10-18-16)19-15-8-6-13(2)7-9-15/h4-10,14,17H,3,11-12H2,1-2H3. The molecule has 0 aliphatic heterocycles. The van der Waals surface area contributed by atoms with Crippen LogP contribution in [0.4, 0.5) is 0 Å². The van der Waals surface area contributed by atoms with Crippen LogP contribution in [0, 0.1) is 6.92 Å². The topological polar surface area (TPSA) is 34.4 Å². The van der Waals surface area contributed by atoms with Crippen LogP contribution < -0.4 is 10.1 Å². The highest BCUT2D eigenvalue weighted by molar-refractivity contribution is 5.26. The summed E-state index contributed by atoms with van der Waals surface area (Å²) >= 11 is 0. The molecule has 0 saturated carbocycles. The van der Waals surface area contributed by atoms with Gasteiger partial charge in [0.25, 0.3) is 0 Å². The fourth-order valence-electron chi connectivity index (χ4n) is 1.85. The third kappa shape index (κ3) is 4.45. The molecule has 2 rings (SSSR count). The van der Waals surface area contributed by atoms with E-state index in [4.69, 9.17) is 9.15 Å². The van der Waals surface area contributed by atoms with E-state index in [-0.39, 0.29) is 6.10 Å². The Morgan fingerprint density at radius 3 is 2.63 bits per heavy atom. The van der Waals surface area contributed by atoms with E-state index >= 15 is 0 Å². The van der Waals surface area contributed by atoms with Crippen LogP contribution >= 0.6 is 0 Å². The molecule has 1 unspecified atom stereocenters. The summed E-state index contributed by atoms with van der Waals surface area (Å²) in [4.78, 5) is 0. The highest BCUT2D eigenvalue weighted by Gasteiger charge is 2.08. The lowest BCUT2D eigenvalue weighted by atomic mass is 10.2. The lowest BCUT2D eigenvalue weighted by molar-refractivity contribution is 0.192. The van der Waals surface area contributed by atoms with Crippen LogP contribution in [0.2, 0.25) is 0 Å². The fraction of sp³-hybridized carbons (Fsp3) is 0.375. The molecule has 0 radical (unpaired) electrons. The van der Waals surface area contributed by atoms with Crippen molar-refractivity contribution >= 4 is 0 Å². The van der Waals surface area contributed by atoms with Gasteiger partial charge in [-0.25, -0.2) is 0 Å². The molecule has 0 spiro atoms. The molecule has 2 aromatic rings. The summed E-state index contributed by atoms with van der Waals surface area (Å²) < 4.78 is 11.2. The average Bonchev–Trinajstić information content (AvgIpc) is 2.93. The zero-order chi connectivity index (χ0) is 13.5. The molecule has 0 bridgehead atoms. The van der Waals surface area contributed by atoms with Gasteiger partial charge in [-0.2, -0.15) is 0 Å². The van der Waals surface area contributed by atoms with Gasteiger partial charge in [0.15, 0.2) is 0 Å². The van der Waals surface area contributed by atoms with Gasteiger partial charge >= 0.3 is 0 Å². The van der Waals surface area contributed by atoms with E-state index in [1.807, 2.05) is 24.3 Å². The molecular weight excluding hydrogens is 238 g/mol. The number of rotatable bonds is 7. The number of furan rings is 1. The zero-order valence-corrected chi connectivity index (χ0v) is 11.6. The van der Waals surface area contributed by atoms with Crippen LogP contribution in [0.3, 0.4) is 0 Å². The van der Waals surface area contributed by atoms with E-state index < -0.39 is 0 Å². The molecule has 102 valence electrons. The molecule has 19 heavy (non-hydrogen) atoms. The van der Waals surface area contributed by atoms with Crippen LogP contribution in [0.25, 0.3) is 0 Å². The molecular formula is C16H21NO2. The molecule has 1 aromatic heterocycles. The Labute approximate surface area is 114 Å². The molecule has 3 heteroatoms. The Hall–Kier alpha value is -1.74.